The summed E-state index contributed by atoms with van der Waals surface area (Å²) >= 11 is 0. The van der Waals surface area contributed by atoms with Crippen LogP contribution >= 0.6 is 0 Å². The zero-order chi connectivity index (χ0) is 21.3. The van der Waals surface area contributed by atoms with Crippen LogP contribution in [-0.4, -0.2) is 65.9 Å². The van der Waals surface area contributed by atoms with Crippen molar-refractivity contribution in [1.29, 1.82) is 0 Å². The summed E-state index contributed by atoms with van der Waals surface area (Å²) in [6, 6.07) is 3.43. The van der Waals surface area contributed by atoms with E-state index >= 15 is 0 Å². The van der Waals surface area contributed by atoms with Gasteiger partial charge in [0.05, 0.1) is 0 Å². The maximum absolute atomic E-state index is 14.1. The number of carbonyl (C=O) groups is 2. The van der Waals surface area contributed by atoms with Crippen molar-refractivity contribution in [3.63, 3.8) is 0 Å². The average molecular weight is 417 g/mol. The number of fused-ring (bicyclic) bond motifs is 1. The molecule has 1 unspecified atom stereocenters. The van der Waals surface area contributed by atoms with Crippen LogP contribution in [0.3, 0.4) is 0 Å². The molecule has 6 nitrogen and oxygen atoms in total. The van der Waals surface area contributed by atoms with Crippen molar-refractivity contribution in [2.75, 3.05) is 31.5 Å². The maximum atomic E-state index is 14.1. The molecule has 1 aromatic carbocycles. The van der Waals surface area contributed by atoms with Crippen LogP contribution in [0.1, 0.15) is 50.2 Å². The van der Waals surface area contributed by atoms with Crippen molar-refractivity contribution in [1.82, 2.24) is 15.1 Å². The largest absolute Gasteiger partial charge is 0.373 e. The van der Waals surface area contributed by atoms with Gasteiger partial charge in [0.2, 0.25) is 11.8 Å². The Hall–Kier alpha value is -2.15. The van der Waals surface area contributed by atoms with E-state index in [2.05, 4.69) is 15.5 Å². The van der Waals surface area contributed by atoms with E-state index in [0.29, 0.717) is 18.0 Å². The summed E-state index contributed by atoms with van der Waals surface area (Å²) < 4.78 is 14.1. The highest BCUT2D eigenvalue weighted by atomic mass is 19.1. The van der Waals surface area contributed by atoms with Crippen LogP contribution in [0.15, 0.2) is 12.1 Å². The molecular formula is C23H33FN4O2. The molecule has 2 heterocycles. The molecule has 0 aromatic heterocycles. The SMILES string of the molecule is CC(=O)N1CCCN([C@H]2CCC[C@@H](NC(=O)C3Cc4c(F)ccc(C)c4N3)C2)CC1. The number of nitrogens with zero attached hydrogens (tertiary/aromatic N) is 2. The first-order valence-corrected chi connectivity index (χ1v) is 11.3. The molecule has 0 spiro atoms. The molecule has 2 N–H and O–H groups in total. The van der Waals surface area contributed by atoms with Crippen molar-refractivity contribution in [3.05, 3.63) is 29.1 Å². The number of anilines is 1. The molecule has 1 aromatic rings. The van der Waals surface area contributed by atoms with Gasteiger partial charge in [0.25, 0.3) is 0 Å². The van der Waals surface area contributed by atoms with Gasteiger partial charge in [-0.3, -0.25) is 14.5 Å². The maximum Gasteiger partial charge on any atom is 0.243 e. The van der Waals surface area contributed by atoms with E-state index < -0.39 is 6.04 Å². The van der Waals surface area contributed by atoms with Crippen molar-refractivity contribution in [3.8, 4) is 0 Å². The first kappa shape index (κ1) is 21.1. The number of halogens is 1. The lowest BCUT2D eigenvalue weighted by Gasteiger charge is -2.37. The summed E-state index contributed by atoms with van der Waals surface area (Å²) in [5, 5.41) is 6.46. The third-order valence-corrected chi connectivity index (χ3v) is 6.99. The van der Waals surface area contributed by atoms with Crippen LogP contribution in [0.25, 0.3) is 0 Å². The van der Waals surface area contributed by atoms with E-state index in [1.807, 2.05) is 11.8 Å². The summed E-state index contributed by atoms with van der Waals surface area (Å²) in [5.41, 5.74) is 2.37. The van der Waals surface area contributed by atoms with Gasteiger partial charge in [-0.15, -0.1) is 0 Å². The Kier molecular flexibility index (Phi) is 6.27. The van der Waals surface area contributed by atoms with E-state index in [4.69, 9.17) is 0 Å². The summed E-state index contributed by atoms with van der Waals surface area (Å²) in [6.45, 7) is 7.12. The molecule has 2 amide bonds. The minimum Gasteiger partial charge on any atom is -0.373 e. The second-order valence-electron chi connectivity index (χ2n) is 9.04. The van der Waals surface area contributed by atoms with Crippen LogP contribution in [-0.2, 0) is 16.0 Å². The predicted octanol–water partition coefficient (Wildman–Crippen LogP) is 2.45. The average Bonchev–Trinajstić information content (AvgIpc) is 3.04. The molecular weight excluding hydrogens is 383 g/mol. The number of hydrogen-bond donors (Lipinski definition) is 2. The van der Waals surface area contributed by atoms with Crippen molar-refractivity contribution in [2.45, 2.75) is 70.5 Å². The summed E-state index contributed by atoms with van der Waals surface area (Å²) in [7, 11) is 0. The fourth-order valence-electron chi connectivity index (χ4n) is 5.27. The summed E-state index contributed by atoms with van der Waals surface area (Å²) in [4.78, 5) is 29.0. The third kappa shape index (κ3) is 4.46. The predicted molar refractivity (Wildman–Crippen MR) is 115 cm³/mol. The Balaban J connectivity index is 1.32. The molecule has 2 fully saturated rings. The van der Waals surface area contributed by atoms with Crippen LogP contribution < -0.4 is 10.6 Å². The molecule has 1 saturated carbocycles. The molecule has 30 heavy (non-hydrogen) atoms. The van der Waals surface area contributed by atoms with Crippen LogP contribution in [0.4, 0.5) is 10.1 Å². The lowest BCUT2D eigenvalue weighted by atomic mass is 9.89. The van der Waals surface area contributed by atoms with E-state index in [9.17, 15) is 14.0 Å². The van der Waals surface area contributed by atoms with Crippen LogP contribution in [0.2, 0.25) is 0 Å². The Morgan fingerprint density at radius 2 is 1.97 bits per heavy atom. The van der Waals surface area contributed by atoms with Crippen molar-refractivity contribution >= 4 is 17.5 Å². The summed E-state index contributed by atoms with van der Waals surface area (Å²) in [5.74, 6) is -0.117. The first-order chi connectivity index (χ1) is 14.4. The number of rotatable bonds is 3. The van der Waals surface area contributed by atoms with Gasteiger partial charge in [-0.2, -0.15) is 0 Å². The zero-order valence-electron chi connectivity index (χ0n) is 18.0. The van der Waals surface area contributed by atoms with Gasteiger partial charge in [0.15, 0.2) is 0 Å². The van der Waals surface area contributed by atoms with Gasteiger partial charge in [-0.1, -0.05) is 6.07 Å². The Morgan fingerprint density at radius 1 is 1.13 bits per heavy atom. The van der Waals surface area contributed by atoms with E-state index in [1.54, 1.807) is 13.0 Å². The third-order valence-electron chi connectivity index (χ3n) is 6.99. The molecule has 3 aliphatic rings. The second-order valence-corrected chi connectivity index (χ2v) is 9.04. The topological polar surface area (TPSA) is 64.7 Å². The van der Waals surface area contributed by atoms with Gasteiger partial charge >= 0.3 is 0 Å². The number of carbonyl (C=O) groups excluding carboxylic acids is 2. The molecule has 164 valence electrons. The quantitative estimate of drug-likeness (QED) is 0.795. The number of amides is 2. The van der Waals surface area contributed by atoms with Gasteiger partial charge < -0.3 is 15.5 Å². The van der Waals surface area contributed by atoms with Crippen molar-refractivity contribution < 1.29 is 14.0 Å². The molecule has 3 atom stereocenters. The molecule has 2 aliphatic heterocycles. The highest BCUT2D eigenvalue weighted by Crippen LogP contribution is 2.32. The van der Waals surface area contributed by atoms with E-state index in [1.165, 1.54) is 6.07 Å². The molecule has 0 bridgehead atoms. The minimum atomic E-state index is -0.404. The van der Waals surface area contributed by atoms with Gasteiger partial charge in [0, 0.05) is 62.9 Å². The van der Waals surface area contributed by atoms with E-state index in [0.717, 1.165) is 69.5 Å². The zero-order valence-corrected chi connectivity index (χ0v) is 18.0. The number of aryl methyl sites for hydroxylation is 1. The lowest BCUT2D eigenvalue weighted by molar-refractivity contribution is -0.128. The van der Waals surface area contributed by atoms with Gasteiger partial charge in [-0.25, -0.2) is 4.39 Å². The van der Waals surface area contributed by atoms with E-state index in [-0.39, 0.29) is 23.7 Å². The highest BCUT2D eigenvalue weighted by Gasteiger charge is 2.33. The van der Waals surface area contributed by atoms with Gasteiger partial charge in [0.1, 0.15) is 11.9 Å². The second kappa shape index (κ2) is 8.92. The van der Waals surface area contributed by atoms with Crippen LogP contribution in [0, 0.1) is 12.7 Å². The first-order valence-electron chi connectivity index (χ1n) is 11.3. The van der Waals surface area contributed by atoms with Gasteiger partial charge in [-0.05, 0) is 50.7 Å². The molecule has 1 saturated heterocycles. The fraction of sp³-hybridized carbons (Fsp3) is 0.652. The Bertz CT molecular complexity index is 784. The molecule has 1 aliphatic carbocycles. The summed E-state index contributed by atoms with van der Waals surface area (Å²) in [6.07, 6.45) is 5.57. The lowest BCUT2D eigenvalue weighted by Crippen LogP contribution is -2.50. The minimum absolute atomic E-state index is 0.0331. The normalized spacial score (nSPS) is 27.2. The number of benzene rings is 1. The molecule has 7 heteroatoms. The Labute approximate surface area is 178 Å². The fourth-order valence-corrected chi connectivity index (χ4v) is 5.27. The van der Waals surface area contributed by atoms with Crippen molar-refractivity contribution in [2.24, 2.45) is 0 Å². The number of hydrogen-bond acceptors (Lipinski definition) is 4. The molecule has 0 radical (unpaired) electrons. The van der Waals surface area contributed by atoms with Crippen LogP contribution in [0.5, 0.6) is 0 Å². The monoisotopic (exact) mass is 416 g/mol. The molecule has 4 rings (SSSR count). The standard InChI is InChI=1S/C23H33FN4O2/c1-15-7-8-20(24)19-14-21(26-22(15)19)23(30)25-17-5-3-6-18(13-17)28-10-4-9-27(11-12-28)16(2)29/h7-8,17-18,21,26H,3-6,9-14H2,1-2H3,(H,25,30)/t17-,18+,21?/m1/s1. The number of nitrogens with one attached hydrogen (secondary N) is 2. The highest BCUT2D eigenvalue weighted by molar-refractivity contribution is 5.88. The Morgan fingerprint density at radius 3 is 2.73 bits per heavy atom. The smallest absolute Gasteiger partial charge is 0.243 e.